The molecule has 8 heteroatoms. The highest BCUT2D eigenvalue weighted by molar-refractivity contribution is 5.97. The number of hydrogen-bond donors (Lipinski definition) is 2. The summed E-state index contributed by atoms with van der Waals surface area (Å²) in [4.78, 5) is 21.0. The lowest BCUT2D eigenvalue weighted by Gasteiger charge is -2.16. The number of anilines is 1. The number of benzene rings is 2. The van der Waals surface area contributed by atoms with E-state index in [9.17, 15) is 4.79 Å². The van der Waals surface area contributed by atoms with Crippen LogP contribution in [-0.4, -0.2) is 36.1 Å². The number of rotatable bonds is 6. The lowest BCUT2D eigenvalue weighted by Crippen LogP contribution is -2.27. The smallest absolute Gasteiger partial charge is 0.253 e. The molecule has 2 N–H and O–H groups in total. The molecule has 142 valence electrons. The summed E-state index contributed by atoms with van der Waals surface area (Å²) in [5.74, 6) is 1.24. The van der Waals surface area contributed by atoms with Gasteiger partial charge in [-0.1, -0.05) is 44.2 Å². The van der Waals surface area contributed by atoms with Gasteiger partial charge in [0.2, 0.25) is 0 Å². The first-order valence-corrected chi connectivity index (χ1v) is 9.17. The van der Waals surface area contributed by atoms with Gasteiger partial charge in [0.25, 0.3) is 5.91 Å². The number of nitrogens with zero attached hydrogens (tertiary/aromatic N) is 5. The van der Waals surface area contributed by atoms with E-state index in [1.807, 2.05) is 48.5 Å². The SMILES string of the molecule is CC(C)Cc1nc2ccc(NC(=O)[C@H](c3ccccc3)n3cnnn3)cc2[nH]1. The first-order chi connectivity index (χ1) is 13.6. The maximum absolute atomic E-state index is 13.0. The van der Waals surface area contributed by atoms with Crippen LogP contribution in [0.4, 0.5) is 5.69 Å². The Morgan fingerprint density at radius 1 is 1.18 bits per heavy atom. The summed E-state index contributed by atoms with van der Waals surface area (Å²) in [6.07, 6.45) is 2.32. The number of carbonyl (C=O) groups excluding carboxylic acids is 1. The van der Waals surface area contributed by atoms with E-state index in [0.717, 1.165) is 28.8 Å². The second-order valence-corrected chi connectivity index (χ2v) is 7.11. The Balaban J connectivity index is 1.60. The van der Waals surface area contributed by atoms with Gasteiger partial charge < -0.3 is 10.3 Å². The van der Waals surface area contributed by atoms with Crippen molar-refractivity contribution in [2.45, 2.75) is 26.3 Å². The van der Waals surface area contributed by atoms with Crippen LogP contribution in [0.2, 0.25) is 0 Å². The van der Waals surface area contributed by atoms with Gasteiger partial charge >= 0.3 is 0 Å². The zero-order valence-electron chi connectivity index (χ0n) is 15.7. The number of H-pyrrole nitrogens is 1. The summed E-state index contributed by atoms with van der Waals surface area (Å²) in [6, 6.07) is 14.4. The molecule has 28 heavy (non-hydrogen) atoms. The number of aromatic amines is 1. The molecule has 0 fully saturated rings. The highest BCUT2D eigenvalue weighted by Gasteiger charge is 2.24. The van der Waals surface area contributed by atoms with E-state index < -0.39 is 6.04 Å². The molecule has 0 aliphatic rings. The van der Waals surface area contributed by atoms with Gasteiger partial charge in [-0.25, -0.2) is 9.67 Å². The molecule has 1 amide bonds. The fraction of sp³-hybridized carbons (Fsp3) is 0.250. The molecule has 0 saturated heterocycles. The van der Waals surface area contributed by atoms with Crippen LogP contribution >= 0.6 is 0 Å². The summed E-state index contributed by atoms with van der Waals surface area (Å²) in [7, 11) is 0. The zero-order chi connectivity index (χ0) is 19.5. The van der Waals surface area contributed by atoms with E-state index in [2.05, 4.69) is 44.7 Å². The molecule has 1 atom stereocenters. The fourth-order valence-electron chi connectivity index (χ4n) is 3.18. The van der Waals surface area contributed by atoms with Crippen LogP contribution in [0.25, 0.3) is 11.0 Å². The second-order valence-electron chi connectivity index (χ2n) is 7.11. The minimum absolute atomic E-state index is 0.222. The third-order valence-electron chi connectivity index (χ3n) is 4.39. The van der Waals surface area contributed by atoms with Crippen LogP contribution in [0.1, 0.15) is 31.3 Å². The monoisotopic (exact) mass is 375 g/mol. The van der Waals surface area contributed by atoms with Crippen LogP contribution in [-0.2, 0) is 11.2 Å². The van der Waals surface area contributed by atoms with Gasteiger partial charge in [-0.2, -0.15) is 0 Å². The summed E-state index contributed by atoms with van der Waals surface area (Å²) in [6.45, 7) is 4.31. The van der Waals surface area contributed by atoms with E-state index in [1.54, 1.807) is 0 Å². The maximum atomic E-state index is 13.0. The number of hydrogen-bond acceptors (Lipinski definition) is 5. The van der Waals surface area contributed by atoms with Crippen LogP contribution in [0, 0.1) is 5.92 Å². The molecule has 2 heterocycles. The number of fused-ring (bicyclic) bond motifs is 1. The number of nitrogens with one attached hydrogen (secondary N) is 2. The highest BCUT2D eigenvalue weighted by Crippen LogP contribution is 2.22. The molecule has 2 aromatic heterocycles. The van der Waals surface area contributed by atoms with Crippen molar-refractivity contribution in [1.82, 2.24) is 30.2 Å². The minimum Gasteiger partial charge on any atom is -0.342 e. The summed E-state index contributed by atoms with van der Waals surface area (Å²) < 4.78 is 1.44. The van der Waals surface area contributed by atoms with E-state index in [0.29, 0.717) is 11.6 Å². The molecule has 0 bridgehead atoms. The van der Waals surface area contributed by atoms with Crippen molar-refractivity contribution in [2.75, 3.05) is 5.32 Å². The lowest BCUT2D eigenvalue weighted by atomic mass is 10.1. The molecule has 0 spiro atoms. The second kappa shape index (κ2) is 7.59. The van der Waals surface area contributed by atoms with Gasteiger partial charge in [0.05, 0.1) is 11.0 Å². The molecule has 0 aliphatic carbocycles. The Morgan fingerprint density at radius 2 is 2.00 bits per heavy atom. The van der Waals surface area contributed by atoms with Gasteiger partial charge in [-0.15, -0.1) is 5.10 Å². The van der Waals surface area contributed by atoms with Gasteiger partial charge in [0.15, 0.2) is 6.04 Å². The van der Waals surface area contributed by atoms with Crippen molar-refractivity contribution >= 4 is 22.6 Å². The Kier molecular flexibility index (Phi) is 4.84. The number of carbonyl (C=O) groups is 1. The van der Waals surface area contributed by atoms with Crippen molar-refractivity contribution in [3.8, 4) is 0 Å². The molecule has 8 nitrogen and oxygen atoms in total. The van der Waals surface area contributed by atoms with Gasteiger partial charge in [-0.3, -0.25) is 4.79 Å². The Labute approximate surface area is 162 Å². The number of imidazole rings is 1. The number of aromatic nitrogens is 6. The minimum atomic E-state index is -0.662. The first kappa shape index (κ1) is 17.8. The van der Waals surface area contributed by atoms with Crippen molar-refractivity contribution < 1.29 is 4.79 Å². The standard InChI is InChI=1S/C20H21N7O/c1-13(2)10-18-23-16-9-8-15(11-17(16)24-18)22-20(28)19(27-12-21-25-26-27)14-6-4-3-5-7-14/h3-9,11-13,19H,10H2,1-2H3,(H,22,28)(H,23,24)/t19-/m0/s1. The summed E-state index contributed by atoms with van der Waals surface area (Å²) >= 11 is 0. The number of amides is 1. The molecule has 0 unspecified atom stereocenters. The Bertz CT molecular complexity index is 1070. The average Bonchev–Trinajstić information content (AvgIpc) is 3.31. The molecule has 2 aromatic carbocycles. The molecular formula is C20H21N7O. The maximum Gasteiger partial charge on any atom is 0.253 e. The molecule has 0 aliphatic heterocycles. The first-order valence-electron chi connectivity index (χ1n) is 9.17. The Hall–Kier alpha value is -3.55. The molecule has 4 rings (SSSR count). The normalized spacial score (nSPS) is 12.4. The van der Waals surface area contributed by atoms with E-state index in [4.69, 9.17) is 0 Å². The van der Waals surface area contributed by atoms with Crippen molar-refractivity contribution in [3.63, 3.8) is 0 Å². The van der Waals surface area contributed by atoms with Crippen molar-refractivity contribution in [1.29, 1.82) is 0 Å². The quantitative estimate of drug-likeness (QED) is 0.539. The van der Waals surface area contributed by atoms with Crippen LogP contribution in [0.5, 0.6) is 0 Å². The average molecular weight is 375 g/mol. The predicted molar refractivity (Wildman–Crippen MR) is 106 cm³/mol. The largest absolute Gasteiger partial charge is 0.342 e. The van der Waals surface area contributed by atoms with Crippen molar-refractivity contribution in [2.24, 2.45) is 5.92 Å². The summed E-state index contributed by atoms with van der Waals surface area (Å²) in [5.41, 5.74) is 3.27. The summed E-state index contributed by atoms with van der Waals surface area (Å²) in [5, 5.41) is 14.2. The van der Waals surface area contributed by atoms with E-state index in [1.165, 1.54) is 11.0 Å². The highest BCUT2D eigenvalue weighted by atomic mass is 16.2. The van der Waals surface area contributed by atoms with Crippen LogP contribution < -0.4 is 5.32 Å². The Morgan fingerprint density at radius 3 is 2.71 bits per heavy atom. The third kappa shape index (κ3) is 3.75. The number of tetrazole rings is 1. The fourth-order valence-corrected chi connectivity index (χ4v) is 3.18. The topological polar surface area (TPSA) is 101 Å². The lowest BCUT2D eigenvalue weighted by molar-refractivity contribution is -0.118. The molecular weight excluding hydrogens is 354 g/mol. The van der Waals surface area contributed by atoms with Gasteiger partial charge in [0.1, 0.15) is 12.2 Å². The van der Waals surface area contributed by atoms with E-state index >= 15 is 0 Å². The van der Waals surface area contributed by atoms with Crippen LogP contribution in [0.3, 0.4) is 0 Å². The van der Waals surface area contributed by atoms with E-state index in [-0.39, 0.29) is 5.91 Å². The molecule has 0 saturated carbocycles. The van der Waals surface area contributed by atoms with Gasteiger partial charge in [-0.05, 0) is 40.1 Å². The van der Waals surface area contributed by atoms with Gasteiger partial charge in [0, 0.05) is 12.1 Å². The van der Waals surface area contributed by atoms with Crippen molar-refractivity contribution in [3.05, 3.63) is 66.2 Å². The molecule has 4 aromatic rings. The third-order valence-corrected chi connectivity index (χ3v) is 4.39. The zero-order valence-corrected chi connectivity index (χ0v) is 15.7. The predicted octanol–water partition coefficient (Wildman–Crippen LogP) is 2.98. The molecule has 0 radical (unpaired) electrons. The van der Waals surface area contributed by atoms with Crippen LogP contribution in [0.15, 0.2) is 54.9 Å².